The van der Waals surface area contributed by atoms with E-state index in [2.05, 4.69) is 5.32 Å². The molecule has 1 aliphatic rings. The Morgan fingerprint density at radius 1 is 1.20 bits per heavy atom. The van der Waals surface area contributed by atoms with Crippen molar-refractivity contribution in [1.29, 1.82) is 0 Å². The fourth-order valence-corrected chi connectivity index (χ4v) is 3.34. The van der Waals surface area contributed by atoms with Gasteiger partial charge in [0.25, 0.3) is 5.91 Å². The van der Waals surface area contributed by atoms with Gasteiger partial charge in [0.2, 0.25) is 11.8 Å². The van der Waals surface area contributed by atoms with Crippen LogP contribution in [0, 0.1) is 0 Å². The number of aliphatic hydroxyl groups is 1. The molecule has 0 spiro atoms. The lowest BCUT2D eigenvalue weighted by atomic mass is 9.99. The fourth-order valence-electron chi connectivity index (χ4n) is 3.34. The van der Waals surface area contributed by atoms with E-state index in [0.29, 0.717) is 12.8 Å². The molecule has 0 radical (unpaired) electrons. The number of aliphatic carboxylic acids is 1. The van der Waals surface area contributed by atoms with E-state index in [1.807, 2.05) is 0 Å². The second-order valence-electron chi connectivity index (χ2n) is 7.05. The van der Waals surface area contributed by atoms with Crippen LogP contribution >= 0.6 is 12.4 Å². The zero-order chi connectivity index (χ0) is 21.6. The predicted octanol–water partition coefficient (Wildman–Crippen LogP) is -1.23. The first-order valence-electron chi connectivity index (χ1n) is 9.30. The largest absolute Gasteiger partial charge is 0.480 e. The minimum Gasteiger partial charge on any atom is -0.480 e. The number of hydrogen-bond acceptors (Lipinski definition) is 6. The molecule has 30 heavy (non-hydrogen) atoms. The normalized spacial score (nSPS) is 18.6. The minimum atomic E-state index is -1.68. The molecule has 0 saturated carbocycles. The zero-order valence-corrected chi connectivity index (χ0v) is 17.1. The number of rotatable bonds is 9. The van der Waals surface area contributed by atoms with Crippen molar-refractivity contribution < 1.29 is 29.4 Å². The zero-order valence-electron chi connectivity index (χ0n) is 16.3. The summed E-state index contributed by atoms with van der Waals surface area (Å²) in [6, 6.07) is 5.54. The number of likely N-dealkylation sites (tertiary alicyclic amines) is 1. The number of amides is 3. The molecule has 11 heteroatoms. The molecule has 1 saturated heterocycles. The summed E-state index contributed by atoms with van der Waals surface area (Å²) in [5.41, 5.74) is 11.4. The maximum atomic E-state index is 12.8. The van der Waals surface area contributed by atoms with E-state index in [0.717, 1.165) is 10.5 Å². The van der Waals surface area contributed by atoms with Gasteiger partial charge in [-0.3, -0.25) is 14.4 Å². The molecule has 166 valence electrons. The molecular weight excluding hydrogens is 416 g/mol. The highest BCUT2D eigenvalue weighted by molar-refractivity contribution is 5.90. The quantitative estimate of drug-likeness (QED) is 0.318. The number of primary amides is 1. The van der Waals surface area contributed by atoms with Crippen LogP contribution in [0.25, 0.3) is 0 Å². The molecule has 0 aliphatic carbocycles. The van der Waals surface area contributed by atoms with Crippen molar-refractivity contribution in [3.05, 3.63) is 35.9 Å². The topological polar surface area (TPSA) is 176 Å². The number of carboxylic acids is 1. The van der Waals surface area contributed by atoms with Gasteiger partial charge in [-0.15, -0.1) is 12.4 Å². The Morgan fingerprint density at radius 2 is 1.83 bits per heavy atom. The van der Waals surface area contributed by atoms with Gasteiger partial charge in [-0.25, -0.2) is 4.79 Å². The molecule has 2 rings (SSSR count). The maximum Gasteiger partial charge on any atom is 0.326 e. The van der Waals surface area contributed by atoms with Crippen LogP contribution in [0.1, 0.15) is 24.8 Å². The summed E-state index contributed by atoms with van der Waals surface area (Å²) in [5, 5.41) is 22.5. The molecule has 10 nitrogen and oxygen atoms in total. The van der Waals surface area contributed by atoms with Gasteiger partial charge in [-0.05, 0) is 24.8 Å². The highest BCUT2D eigenvalue weighted by Gasteiger charge is 2.39. The molecule has 1 fully saturated rings. The number of carbonyl (C=O) groups is 4. The highest BCUT2D eigenvalue weighted by Crippen LogP contribution is 2.20. The Balaban J connectivity index is 0.00000450. The summed E-state index contributed by atoms with van der Waals surface area (Å²) >= 11 is 0. The Kier molecular flexibility index (Phi) is 9.70. The van der Waals surface area contributed by atoms with Crippen LogP contribution < -0.4 is 16.8 Å². The molecule has 0 bridgehead atoms. The minimum absolute atomic E-state index is 0. The number of nitrogens with one attached hydrogen (secondary N) is 1. The van der Waals surface area contributed by atoms with Crippen molar-refractivity contribution in [2.24, 2.45) is 11.5 Å². The molecule has 3 amide bonds. The molecule has 1 heterocycles. The summed E-state index contributed by atoms with van der Waals surface area (Å²) in [6.07, 6.45) is -1.16. The van der Waals surface area contributed by atoms with Crippen LogP contribution in [-0.4, -0.2) is 69.6 Å². The number of hydrogen-bond donors (Lipinski definition) is 5. The SMILES string of the molecule is Cl.NC(=O)C[C@H](N)C(=O)N[C@@H](Cc1ccccc1)C(O)C(=O)N1CCC[C@H]1C(=O)O. The Bertz CT molecular complexity index is 763. The number of carbonyl (C=O) groups excluding carboxylic acids is 3. The summed E-state index contributed by atoms with van der Waals surface area (Å²) < 4.78 is 0. The molecule has 0 aromatic heterocycles. The van der Waals surface area contributed by atoms with Crippen LogP contribution in [-0.2, 0) is 25.6 Å². The van der Waals surface area contributed by atoms with Crippen molar-refractivity contribution >= 4 is 36.1 Å². The summed E-state index contributed by atoms with van der Waals surface area (Å²) in [7, 11) is 0. The first-order chi connectivity index (χ1) is 13.7. The number of nitrogens with two attached hydrogens (primary N) is 2. The average Bonchev–Trinajstić information content (AvgIpc) is 3.16. The first kappa shape index (κ1) is 25.3. The lowest BCUT2D eigenvalue weighted by molar-refractivity contribution is -0.153. The molecule has 1 aromatic rings. The number of nitrogens with zero attached hydrogens (tertiary/aromatic N) is 1. The van der Waals surface area contributed by atoms with E-state index in [4.69, 9.17) is 11.5 Å². The van der Waals surface area contributed by atoms with Gasteiger partial charge in [0, 0.05) is 6.54 Å². The average molecular weight is 443 g/mol. The lowest BCUT2D eigenvalue weighted by Crippen LogP contribution is -2.57. The standard InChI is InChI=1S/C19H26N4O6.ClH/c20-12(10-15(21)24)17(26)22-13(9-11-5-2-1-3-6-11)16(25)18(27)23-8-4-7-14(23)19(28)29;/h1-3,5-6,12-14,16,25H,4,7-10,20H2,(H2,21,24)(H,22,26)(H,28,29);1H/t12-,13-,14-,16?;/m0./s1. The van der Waals surface area contributed by atoms with Gasteiger partial charge in [-0.1, -0.05) is 30.3 Å². The van der Waals surface area contributed by atoms with Gasteiger partial charge in [0.1, 0.15) is 6.04 Å². The van der Waals surface area contributed by atoms with E-state index in [9.17, 15) is 29.4 Å². The molecule has 1 aromatic carbocycles. The van der Waals surface area contributed by atoms with Crippen LogP contribution in [0.2, 0.25) is 0 Å². The summed E-state index contributed by atoms with van der Waals surface area (Å²) in [6.45, 7) is 0.208. The summed E-state index contributed by atoms with van der Waals surface area (Å²) in [4.78, 5) is 48.6. The fraction of sp³-hybridized carbons (Fsp3) is 0.474. The smallest absolute Gasteiger partial charge is 0.326 e. The van der Waals surface area contributed by atoms with Crippen molar-refractivity contribution in [2.75, 3.05) is 6.54 Å². The van der Waals surface area contributed by atoms with Crippen molar-refractivity contribution in [1.82, 2.24) is 10.2 Å². The van der Waals surface area contributed by atoms with E-state index in [1.54, 1.807) is 30.3 Å². The van der Waals surface area contributed by atoms with Crippen molar-refractivity contribution in [3.8, 4) is 0 Å². The molecular formula is C19H27ClN4O6. The third kappa shape index (κ3) is 6.68. The number of benzene rings is 1. The predicted molar refractivity (Wildman–Crippen MR) is 109 cm³/mol. The lowest BCUT2D eigenvalue weighted by Gasteiger charge is -2.30. The van der Waals surface area contributed by atoms with E-state index >= 15 is 0 Å². The maximum absolute atomic E-state index is 12.8. The summed E-state index contributed by atoms with van der Waals surface area (Å²) in [5.74, 6) is -3.42. The number of halogens is 1. The van der Waals surface area contributed by atoms with Gasteiger partial charge >= 0.3 is 5.97 Å². The third-order valence-corrected chi connectivity index (χ3v) is 4.84. The van der Waals surface area contributed by atoms with Gasteiger partial charge in [-0.2, -0.15) is 0 Å². The Morgan fingerprint density at radius 3 is 2.40 bits per heavy atom. The monoisotopic (exact) mass is 442 g/mol. The second kappa shape index (κ2) is 11.5. The molecule has 1 unspecified atom stereocenters. The van der Waals surface area contributed by atoms with Crippen LogP contribution in [0.5, 0.6) is 0 Å². The van der Waals surface area contributed by atoms with E-state index < -0.39 is 47.9 Å². The third-order valence-electron chi connectivity index (χ3n) is 4.84. The van der Waals surface area contributed by atoms with Crippen molar-refractivity contribution in [3.63, 3.8) is 0 Å². The van der Waals surface area contributed by atoms with Gasteiger partial charge < -0.3 is 31.9 Å². The van der Waals surface area contributed by atoms with E-state index in [-0.39, 0.29) is 31.8 Å². The second-order valence-corrected chi connectivity index (χ2v) is 7.05. The first-order valence-corrected chi connectivity index (χ1v) is 9.30. The van der Waals surface area contributed by atoms with Crippen LogP contribution in [0.3, 0.4) is 0 Å². The number of carboxylic acid groups (broad SMARTS) is 1. The van der Waals surface area contributed by atoms with Crippen molar-refractivity contribution in [2.45, 2.75) is 49.9 Å². The molecule has 4 atom stereocenters. The van der Waals surface area contributed by atoms with Gasteiger partial charge in [0.15, 0.2) is 6.10 Å². The Labute approximate surface area is 180 Å². The van der Waals surface area contributed by atoms with Crippen LogP contribution in [0.4, 0.5) is 0 Å². The molecule has 7 N–H and O–H groups in total. The van der Waals surface area contributed by atoms with Gasteiger partial charge in [0.05, 0.1) is 18.5 Å². The Hall–Kier alpha value is -2.69. The van der Waals surface area contributed by atoms with Crippen LogP contribution in [0.15, 0.2) is 30.3 Å². The molecule has 1 aliphatic heterocycles. The number of aliphatic hydroxyl groups excluding tert-OH is 1. The highest BCUT2D eigenvalue weighted by atomic mass is 35.5. The van der Waals surface area contributed by atoms with E-state index in [1.165, 1.54) is 0 Å².